The second kappa shape index (κ2) is 5.14. The van der Waals surface area contributed by atoms with E-state index in [1.807, 2.05) is 6.07 Å². The molecule has 0 spiro atoms. The van der Waals surface area contributed by atoms with E-state index in [1.54, 1.807) is 12.3 Å². The zero-order chi connectivity index (χ0) is 15.2. The number of nitrogens with zero attached hydrogens (tertiary/aromatic N) is 2. The number of aromatic nitrogens is 2. The van der Waals surface area contributed by atoms with Gasteiger partial charge in [-0.2, -0.15) is 0 Å². The fourth-order valence-corrected chi connectivity index (χ4v) is 3.13. The lowest BCUT2D eigenvalue weighted by Crippen LogP contribution is -2.30. The lowest BCUT2D eigenvalue weighted by Gasteiger charge is -2.34. The Bertz CT molecular complexity index is 700. The van der Waals surface area contributed by atoms with Crippen molar-refractivity contribution in [2.24, 2.45) is 11.1 Å². The molecule has 0 bridgehead atoms. The molecule has 1 heterocycles. The Balaban J connectivity index is 2.05. The standard InChI is InChI=1S/C16H17BrFN3/c1-16(2)6-13(19)10-8-20-15(21-14(10)7-16)9-3-4-11(17)12(18)5-9/h3-5,8,13H,6-7,19H2,1-2H3. The maximum Gasteiger partial charge on any atom is 0.159 e. The molecule has 2 N–H and O–H groups in total. The van der Waals surface area contributed by atoms with Gasteiger partial charge in [0.1, 0.15) is 5.82 Å². The topological polar surface area (TPSA) is 51.8 Å². The molecule has 110 valence electrons. The Morgan fingerprint density at radius 2 is 2.14 bits per heavy atom. The van der Waals surface area contributed by atoms with E-state index in [1.165, 1.54) is 6.07 Å². The lowest BCUT2D eigenvalue weighted by atomic mass is 9.74. The first-order valence-electron chi connectivity index (χ1n) is 6.92. The van der Waals surface area contributed by atoms with Gasteiger partial charge >= 0.3 is 0 Å². The quantitative estimate of drug-likeness (QED) is 0.845. The van der Waals surface area contributed by atoms with Gasteiger partial charge in [-0.05, 0) is 52.4 Å². The van der Waals surface area contributed by atoms with Gasteiger partial charge in [-0.3, -0.25) is 0 Å². The normalized spacial score (nSPS) is 20.1. The summed E-state index contributed by atoms with van der Waals surface area (Å²) in [6, 6.07) is 4.89. The third-order valence-corrected chi connectivity index (χ3v) is 4.54. The highest BCUT2D eigenvalue weighted by atomic mass is 79.9. The van der Waals surface area contributed by atoms with E-state index in [2.05, 4.69) is 39.7 Å². The predicted octanol–water partition coefficient (Wildman–Crippen LogP) is 4.02. The summed E-state index contributed by atoms with van der Waals surface area (Å²) in [4.78, 5) is 8.99. The van der Waals surface area contributed by atoms with Gasteiger partial charge in [-0.15, -0.1) is 0 Å². The first kappa shape index (κ1) is 14.6. The Morgan fingerprint density at radius 3 is 2.86 bits per heavy atom. The second-order valence-electron chi connectivity index (χ2n) is 6.38. The van der Waals surface area contributed by atoms with Gasteiger partial charge in [-0.25, -0.2) is 14.4 Å². The monoisotopic (exact) mass is 349 g/mol. The van der Waals surface area contributed by atoms with Gasteiger partial charge in [0.15, 0.2) is 5.82 Å². The lowest BCUT2D eigenvalue weighted by molar-refractivity contribution is 0.278. The molecule has 0 fully saturated rings. The van der Waals surface area contributed by atoms with E-state index in [0.29, 0.717) is 15.9 Å². The highest BCUT2D eigenvalue weighted by molar-refractivity contribution is 9.10. The molecular formula is C16H17BrFN3. The number of fused-ring (bicyclic) bond motifs is 1. The van der Waals surface area contributed by atoms with Crippen molar-refractivity contribution in [2.45, 2.75) is 32.7 Å². The summed E-state index contributed by atoms with van der Waals surface area (Å²) in [6.45, 7) is 4.38. The molecule has 1 atom stereocenters. The summed E-state index contributed by atoms with van der Waals surface area (Å²) in [5, 5.41) is 0. The minimum atomic E-state index is -0.314. The molecular weight excluding hydrogens is 333 g/mol. The van der Waals surface area contributed by atoms with Crippen molar-refractivity contribution in [3.05, 3.63) is 45.9 Å². The van der Waals surface area contributed by atoms with Crippen LogP contribution in [0.5, 0.6) is 0 Å². The molecule has 1 unspecified atom stereocenters. The molecule has 0 saturated carbocycles. The van der Waals surface area contributed by atoms with Crippen molar-refractivity contribution < 1.29 is 4.39 Å². The zero-order valence-corrected chi connectivity index (χ0v) is 13.6. The molecule has 3 rings (SSSR count). The Labute approximate surface area is 131 Å². The molecule has 0 amide bonds. The highest BCUT2D eigenvalue weighted by Crippen LogP contribution is 2.39. The molecule has 0 saturated heterocycles. The molecule has 1 aromatic heterocycles. The van der Waals surface area contributed by atoms with Crippen molar-refractivity contribution in [1.82, 2.24) is 9.97 Å². The molecule has 3 nitrogen and oxygen atoms in total. The first-order valence-corrected chi connectivity index (χ1v) is 7.72. The third kappa shape index (κ3) is 2.85. The van der Waals surface area contributed by atoms with Crippen LogP contribution in [0.3, 0.4) is 0 Å². The third-order valence-electron chi connectivity index (χ3n) is 3.90. The number of halogens is 2. The maximum absolute atomic E-state index is 13.7. The van der Waals surface area contributed by atoms with Gasteiger partial charge in [0.05, 0.1) is 4.47 Å². The smallest absolute Gasteiger partial charge is 0.159 e. The van der Waals surface area contributed by atoms with E-state index >= 15 is 0 Å². The number of hydrogen-bond acceptors (Lipinski definition) is 3. The molecule has 1 aromatic carbocycles. The minimum absolute atomic E-state index is 0.0283. The molecule has 2 aromatic rings. The van der Waals surface area contributed by atoms with E-state index in [4.69, 9.17) is 5.73 Å². The SMILES string of the molecule is CC1(C)Cc2nc(-c3ccc(Br)c(F)c3)ncc2C(N)C1. The molecule has 1 aliphatic carbocycles. The van der Waals surface area contributed by atoms with Crippen LogP contribution in [0.25, 0.3) is 11.4 Å². The van der Waals surface area contributed by atoms with E-state index in [0.717, 1.165) is 24.1 Å². The number of rotatable bonds is 1. The second-order valence-corrected chi connectivity index (χ2v) is 7.23. The van der Waals surface area contributed by atoms with Gasteiger partial charge in [0, 0.05) is 29.1 Å². The van der Waals surface area contributed by atoms with Crippen LogP contribution in [-0.2, 0) is 6.42 Å². The fraction of sp³-hybridized carbons (Fsp3) is 0.375. The molecule has 1 aliphatic rings. The van der Waals surface area contributed by atoms with Crippen molar-refractivity contribution in [3.8, 4) is 11.4 Å². The fourth-order valence-electron chi connectivity index (χ4n) is 2.88. The van der Waals surface area contributed by atoms with Crippen LogP contribution < -0.4 is 5.73 Å². The number of benzene rings is 1. The van der Waals surface area contributed by atoms with Crippen LogP contribution in [0.2, 0.25) is 0 Å². The largest absolute Gasteiger partial charge is 0.324 e. The van der Waals surface area contributed by atoms with Crippen LogP contribution >= 0.6 is 15.9 Å². The molecule has 21 heavy (non-hydrogen) atoms. The van der Waals surface area contributed by atoms with Crippen molar-refractivity contribution in [2.75, 3.05) is 0 Å². The summed E-state index contributed by atoms with van der Waals surface area (Å²) < 4.78 is 14.1. The van der Waals surface area contributed by atoms with Gasteiger partial charge in [-0.1, -0.05) is 13.8 Å². The Kier molecular flexibility index (Phi) is 3.58. The number of nitrogens with two attached hydrogens (primary N) is 1. The summed E-state index contributed by atoms with van der Waals surface area (Å²) in [6.07, 6.45) is 3.58. The van der Waals surface area contributed by atoms with Crippen molar-refractivity contribution in [3.63, 3.8) is 0 Å². The van der Waals surface area contributed by atoms with Crippen molar-refractivity contribution in [1.29, 1.82) is 0 Å². The van der Waals surface area contributed by atoms with Crippen LogP contribution in [0.4, 0.5) is 4.39 Å². The van der Waals surface area contributed by atoms with Crippen LogP contribution in [-0.4, -0.2) is 9.97 Å². The van der Waals surface area contributed by atoms with Crippen LogP contribution in [0.1, 0.15) is 37.6 Å². The van der Waals surface area contributed by atoms with Crippen LogP contribution in [0.15, 0.2) is 28.9 Å². The summed E-state index contributed by atoms with van der Waals surface area (Å²) in [5.74, 6) is 0.232. The Hall–Kier alpha value is -1.33. The van der Waals surface area contributed by atoms with E-state index in [-0.39, 0.29) is 17.3 Å². The summed E-state index contributed by atoms with van der Waals surface area (Å²) >= 11 is 3.15. The molecule has 5 heteroatoms. The van der Waals surface area contributed by atoms with Gasteiger partial charge in [0.2, 0.25) is 0 Å². The summed E-state index contributed by atoms with van der Waals surface area (Å²) in [5.41, 5.74) is 9.00. The van der Waals surface area contributed by atoms with Gasteiger partial charge in [0.25, 0.3) is 0 Å². The molecule has 0 aliphatic heterocycles. The van der Waals surface area contributed by atoms with E-state index in [9.17, 15) is 4.39 Å². The van der Waals surface area contributed by atoms with Gasteiger partial charge < -0.3 is 5.73 Å². The minimum Gasteiger partial charge on any atom is -0.324 e. The van der Waals surface area contributed by atoms with E-state index < -0.39 is 0 Å². The van der Waals surface area contributed by atoms with Crippen LogP contribution in [0, 0.1) is 11.2 Å². The predicted molar refractivity (Wildman–Crippen MR) is 84.2 cm³/mol. The maximum atomic E-state index is 13.7. The Morgan fingerprint density at radius 1 is 1.38 bits per heavy atom. The average Bonchev–Trinajstić information content (AvgIpc) is 2.40. The summed E-state index contributed by atoms with van der Waals surface area (Å²) in [7, 11) is 0. The van der Waals surface area contributed by atoms with Crippen molar-refractivity contribution >= 4 is 15.9 Å². The molecule has 0 radical (unpaired) electrons. The first-order chi connectivity index (χ1) is 9.85. The zero-order valence-electron chi connectivity index (χ0n) is 12.0. The highest BCUT2D eigenvalue weighted by Gasteiger charge is 2.31. The average molecular weight is 350 g/mol. The number of hydrogen-bond donors (Lipinski definition) is 1.